The maximum absolute atomic E-state index is 11.2. The fourth-order valence-corrected chi connectivity index (χ4v) is 11.1. The number of carboxylic acids is 3. The summed E-state index contributed by atoms with van der Waals surface area (Å²) < 4.78 is 42.1. The van der Waals surface area contributed by atoms with Crippen molar-refractivity contribution in [1.82, 2.24) is 0 Å². The molecule has 0 amide bonds. The van der Waals surface area contributed by atoms with E-state index in [1.807, 2.05) is 60.8 Å². The molecule has 0 saturated carbocycles. The largest absolute Gasteiger partial charge is 1.00 e. The SMILES string of the molecule is C1=CCC=C1.CC(=O)C1=CC=C(CCCC(=O)O)C1.CC1CCCO1.COC(=O)CCCC1=CC=C(C(C)=O)C1.COC(=O)CCCC1=CC=C(C(C)O)C1.COC(=O)CCCC1=CC=C(OC)C1.COC(=O)CCCC1=CC=CC1.ClCCl.O.O=C(O)CCC(=O)C1=CC=CC1.O=C(O)CCCC1=CC=CC1.O=C1CCC(=O)O1.O=P(Cl)(Cl)Cl.[Cl][Al]([Cl])[Cl].[Li+].[OH-]. The zero-order chi connectivity index (χ0) is 93.4. The van der Waals surface area contributed by atoms with Crippen LogP contribution in [0.5, 0.6) is 0 Å². The van der Waals surface area contributed by atoms with Crippen molar-refractivity contribution in [2.75, 3.05) is 47.5 Å². The summed E-state index contributed by atoms with van der Waals surface area (Å²) in [7, 11) is 22.2. The average molecular weight is 1960 g/mol. The molecule has 2 saturated heterocycles. The smallest absolute Gasteiger partial charge is 0.870 e. The number of alkyl halides is 2. The second kappa shape index (κ2) is 84.2. The third kappa shape index (κ3) is 83.2. The van der Waals surface area contributed by atoms with Crippen LogP contribution in [-0.4, -0.2) is 174 Å². The number of aliphatic hydroxyl groups is 1. The van der Waals surface area contributed by atoms with Crippen LogP contribution >= 0.6 is 92.3 Å². The first-order valence-electron chi connectivity index (χ1n) is 39.9. The maximum atomic E-state index is 11.2. The third-order valence-electron chi connectivity index (χ3n) is 17.6. The van der Waals surface area contributed by atoms with E-state index in [-0.39, 0.29) is 121 Å². The fraction of sp³-hybridized carbons (Fsp3) is 0.506. The Labute approximate surface area is 795 Å². The molecular weight excluding hydrogens is 1830 g/mol. The number of allylic oxidation sites excluding steroid dienone is 30. The number of carbonyl (C=O) groups excluding carboxylic acids is 9. The van der Waals surface area contributed by atoms with E-state index in [0.29, 0.717) is 51.0 Å². The summed E-state index contributed by atoms with van der Waals surface area (Å²) in [6.45, 7) is 8.02. The van der Waals surface area contributed by atoms with Gasteiger partial charge in [-0.3, -0.25) is 62.1 Å². The van der Waals surface area contributed by atoms with Crippen LogP contribution in [0.1, 0.15) is 233 Å². The Morgan fingerprint density at radius 2 is 0.825 bits per heavy atom. The molecule has 0 aromatic rings. The van der Waals surface area contributed by atoms with Crippen LogP contribution in [0.4, 0.5) is 0 Å². The van der Waals surface area contributed by atoms with E-state index in [1.54, 1.807) is 34.0 Å². The minimum atomic E-state index is -3.22. The van der Waals surface area contributed by atoms with Crippen LogP contribution in [0.25, 0.3) is 0 Å². The number of aliphatic carboxylic acids is 3. The molecule has 0 aromatic carbocycles. The summed E-state index contributed by atoms with van der Waals surface area (Å²) in [5.41, 5.74) is 11.2. The summed E-state index contributed by atoms with van der Waals surface area (Å²) >= 11 is 21.7. The normalized spacial score (nSPS) is 15.4. The summed E-state index contributed by atoms with van der Waals surface area (Å²) in [5, 5.41) is 31.4. The summed E-state index contributed by atoms with van der Waals surface area (Å²) in [4.78, 5) is 127. The number of rotatable bonds is 32. The second-order valence-electron chi connectivity index (χ2n) is 27.5. The van der Waals surface area contributed by atoms with Crippen molar-refractivity contribution in [3.05, 3.63) is 189 Å². The number of aliphatic hydroxyl groups excluding tert-OH is 1. The minimum absolute atomic E-state index is 0. The summed E-state index contributed by atoms with van der Waals surface area (Å²) in [6.07, 6.45) is 65.0. The second-order valence-corrected chi connectivity index (χ2v) is 41.4. The number of esters is 6. The Balaban J connectivity index is -0.000000315. The van der Waals surface area contributed by atoms with Gasteiger partial charge < -0.3 is 64.5 Å². The van der Waals surface area contributed by atoms with Gasteiger partial charge in [0.1, 0.15) is 0 Å². The van der Waals surface area contributed by atoms with Gasteiger partial charge in [0.25, 0.3) is 0 Å². The van der Waals surface area contributed by atoms with Gasteiger partial charge in [0.2, 0.25) is 0 Å². The topological polar surface area (TPSA) is 429 Å². The molecule has 0 bridgehead atoms. The number of hydrogen-bond acceptors (Lipinski definition) is 22. The molecule has 7 N–H and O–H groups in total. The molecule has 37 heteroatoms. The van der Waals surface area contributed by atoms with Crippen molar-refractivity contribution in [2.45, 2.75) is 245 Å². The zero-order valence-electron chi connectivity index (χ0n) is 73.8. The number of ketones is 3. The number of ether oxygens (including phenoxy) is 7. The Bertz CT molecular complexity index is 3850. The predicted molar refractivity (Wildman–Crippen MR) is 496 cm³/mol. The molecular formula is C89H125AlCl8LiO26P. The maximum Gasteiger partial charge on any atom is 1.00 e. The number of Topliss-reactive ketones (excluding diaryl/α,β-unsaturated/α-hetero) is 3. The van der Waals surface area contributed by atoms with Gasteiger partial charge in [-0.1, -0.05) is 155 Å². The molecule has 10 aliphatic rings. The van der Waals surface area contributed by atoms with E-state index in [1.165, 1.54) is 69.1 Å². The molecule has 0 radical (unpaired) electrons. The van der Waals surface area contributed by atoms with Crippen LogP contribution in [0.15, 0.2) is 189 Å². The van der Waals surface area contributed by atoms with Crippen molar-refractivity contribution in [3.63, 3.8) is 0 Å². The van der Waals surface area contributed by atoms with E-state index in [2.05, 4.69) is 125 Å². The molecule has 2 aliphatic heterocycles. The number of methoxy groups -OCH3 is 5. The zero-order valence-corrected chi connectivity index (χ0v) is 81.9. The van der Waals surface area contributed by atoms with Gasteiger partial charge in [-0.25, -0.2) is 30.1 Å². The molecule has 10 rings (SSSR count). The molecule has 2 fully saturated rings. The van der Waals surface area contributed by atoms with Gasteiger partial charge in [0.05, 0.1) is 78.1 Å². The van der Waals surface area contributed by atoms with Crippen molar-refractivity contribution < 1.29 is 145 Å². The van der Waals surface area contributed by atoms with Gasteiger partial charge in [-0.15, -0.1) is 23.2 Å². The molecule has 8 aliphatic carbocycles. The van der Waals surface area contributed by atoms with E-state index in [4.69, 9.17) is 78.1 Å². The van der Waals surface area contributed by atoms with Gasteiger partial charge in [0, 0.05) is 58.0 Å². The first kappa shape index (κ1) is 130. The van der Waals surface area contributed by atoms with Crippen molar-refractivity contribution >= 4 is 175 Å². The van der Waals surface area contributed by atoms with Crippen LogP contribution in [-0.2, 0) is 95.3 Å². The third-order valence-corrected chi connectivity index (χ3v) is 17.6. The first-order chi connectivity index (χ1) is 58.2. The molecule has 2 heterocycles. The van der Waals surface area contributed by atoms with Crippen LogP contribution < -0.4 is 18.9 Å². The number of carbonyl (C=O) groups is 12. The Morgan fingerprint density at radius 1 is 0.484 bits per heavy atom. The quantitative estimate of drug-likeness (QED) is 0.0121. The summed E-state index contributed by atoms with van der Waals surface area (Å²) in [6, 6.07) is 0. The Hall–Kier alpha value is -6.40. The molecule has 126 heavy (non-hydrogen) atoms. The van der Waals surface area contributed by atoms with Crippen LogP contribution in [0, 0.1) is 0 Å². The molecule has 2 atom stereocenters. The van der Waals surface area contributed by atoms with Crippen molar-refractivity contribution in [3.8, 4) is 0 Å². The first-order valence-corrected chi connectivity index (χ1v) is 50.7. The molecule has 26 nitrogen and oxygen atoms in total. The van der Waals surface area contributed by atoms with Gasteiger partial charge >= 0.3 is 89.2 Å². The van der Waals surface area contributed by atoms with Crippen molar-refractivity contribution in [2.24, 2.45) is 0 Å². The van der Waals surface area contributed by atoms with Gasteiger partial charge in [-0.05, 0) is 225 Å². The number of halogens is 8. The number of cyclic esters (lactones) is 2. The average Bonchev–Trinajstić information content (AvgIpc) is 1.78. The Morgan fingerprint density at radius 3 is 1.07 bits per heavy atom. The fourth-order valence-electron chi connectivity index (χ4n) is 11.1. The molecule has 0 spiro atoms. The van der Waals surface area contributed by atoms with E-state index >= 15 is 0 Å². The predicted octanol–water partition coefficient (Wildman–Crippen LogP) is 18.5. The standard InChI is InChI=1S/C12H18O3.C12H16O3.C11H16O3.C11H14O3.C10H14O2.C9H10O3.C9H12O2.C5H10O.C5H6.C4H4O3.CH2Cl2.Al.Cl3OP.3ClH.Li.2H2O/c2*1-9(13)11-7-6-10(8-11)4-3-5-12(14)15-2;1-13-10-7-6-9(8-10)4-3-5-11(12)14-2;1-8(12)10-6-5-9(7-10)3-2-4-11(13)14;1-12-10(11)8-4-7-9-5-2-3-6-9;10-8(5-6-9(11)12)7-3-1-2-4-7;10-9(11)7-3-6-8-4-1-2-5-8;1-5-3-2-4-6-5;1-2-4-5-3-1;5-3-1-2-4(6)7-3;2-1-3;;1-5(2,3)4;;;;;;/h6-7,9,13H,3-5,8H2,1-2H3;6-7H,3-5,8H2,1-2H3;6-7H,3-5,8H2,1-2H3;5-6H,2-4,7H2,1H3,(H,13,14);2-3,5H,4,6-8H2,1H3;1-3H,4-6H2,(H,11,12);1-2,4H,3,5-7H2,(H,10,11);5H,2-4H2,1H3;1-4H,5H2;1-2H2;1H2;;;3*1H;;2*1H2/q;;;;;;;;;;;+3;;;;;+1;;/p-4. The van der Waals surface area contributed by atoms with Crippen LogP contribution in [0.3, 0.4) is 0 Å². The number of hydrogen-bond donors (Lipinski definition) is 4. The minimum Gasteiger partial charge on any atom is -0.870 e. The van der Waals surface area contributed by atoms with Gasteiger partial charge in [0.15, 0.2) is 17.3 Å². The molecule has 2 unspecified atom stereocenters. The van der Waals surface area contributed by atoms with E-state index in [0.717, 1.165) is 149 Å². The van der Waals surface area contributed by atoms with E-state index < -0.39 is 46.4 Å². The summed E-state index contributed by atoms with van der Waals surface area (Å²) in [5.74, 6) is -2.57. The van der Waals surface area contributed by atoms with Crippen molar-refractivity contribution in [1.29, 1.82) is 0 Å². The van der Waals surface area contributed by atoms with Gasteiger partial charge in [-0.2, -0.15) is 0 Å². The molecule has 702 valence electrons. The number of carboxylic acid groups (broad SMARTS) is 3. The molecule has 0 aromatic heterocycles. The van der Waals surface area contributed by atoms with E-state index in [9.17, 15) is 67.2 Å². The monoisotopic (exact) mass is 1950 g/mol. The van der Waals surface area contributed by atoms with Crippen LogP contribution in [0.2, 0.25) is 0 Å². The Kier molecular flexibility index (Phi) is 87.1.